The highest BCUT2D eigenvalue weighted by atomic mass is 16.4. The molecule has 0 unspecified atom stereocenters. The number of hydrogen-bond acceptors (Lipinski definition) is 20. The number of hydrogen-bond donors (Lipinski definition) is 19. The van der Waals surface area contributed by atoms with E-state index in [4.69, 9.17) is 22.9 Å². The van der Waals surface area contributed by atoms with Crippen LogP contribution in [0, 0.1) is 17.8 Å². The largest absolute Gasteiger partial charge is 0.508 e. The number of benzene rings is 2. The van der Waals surface area contributed by atoms with Crippen LogP contribution in [0.25, 0.3) is 0 Å². The summed E-state index contributed by atoms with van der Waals surface area (Å²) in [5.41, 5.74) is 23.2. The molecule has 2 heterocycles. The van der Waals surface area contributed by atoms with Gasteiger partial charge in [0.2, 0.25) is 76.8 Å². The molecule has 37 heteroatoms. The predicted octanol–water partition coefficient (Wildman–Crippen LogP) is -3.91. The maximum atomic E-state index is 14.5. The molecule has 592 valence electrons. The molecule has 0 bridgehead atoms. The Morgan fingerprint density at radius 1 is 0.505 bits per heavy atom. The van der Waals surface area contributed by atoms with Crippen molar-refractivity contribution in [2.45, 2.75) is 224 Å². The molecule has 4 rings (SSSR count). The molecule has 23 N–H and O–H groups in total. The van der Waals surface area contributed by atoms with E-state index in [0.717, 1.165) is 4.90 Å². The van der Waals surface area contributed by atoms with Gasteiger partial charge in [-0.05, 0) is 131 Å². The molecule has 2 aromatic carbocycles. The summed E-state index contributed by atoms with van der Waals surface area (Å²) in [5, 5.41) is 75.5. The molecule has 0 radical (unpaired) electrons. The van der Waals surface area contributed by atoms with Gasteiger partial charge >= 0.3 is 11.9 Å². The monoisotopic (exact) mass is 1510 g/mol. The molecular formula is C70H107N17O20. The van der Waals surface area contributed by atoms with Crippen molar-refractivity contribution in [2.75, 3.05) is 26.2 Å². The van der Waals surface area contributed by atoms with Crippen molar-refractivity contribution in [1.29, 1.82) is 0 Å². The van der Waals surface area contributed by atoms with Crippen LogP contribution >= 0.6 is 0 Å². The van der Waals surface area contributed by atoms with Gasteiger partial charge in [-0.2, -0.15) is 0 Å². The number of phenolic OH excluding ortho intramolecular Hbond substituents is 2. The van der Waals surface area contributed by atoms with Gasteiger partial charge in [0, 0.05) is 45.3 Å². The SMILES string of the molecule is CC(C)C[C@H](NC(=O)[C@@H]1CCCN1C(=O)[C@H](CCC(N)=O)NC(=O)[C@@H](NC(=O)[C@H](C)NC(=O)[C@H](Cc1ccc(O)cc1)NC(=O)[C@H](CCC(=O)O)NC(=O)[C@@H]1CCCN1C(=O)[C@@H](NC(=O)CNC(=O)[C@H](Cc1ccc(O)cc1)NC(=O)[C@@H](N)CC(C)C)[C@@H](C)O)C(C)C)C(=O)N[C@@H](CCCN=C(N)N)C(=O)O. The van der Waals surface area contributed by atoms with Crippen molar-refractivity contribution in [2.24, 2.45) is 45.7 Å². The van der Waals surface area contributed by atoms with Gasteiger partial charge in [0.15, 0.2) is 5.96 Å². The number of carbonyl (C=O) groups is 15. The summed E-state index contributed by atoms with van der Waals surface area (Å²) in [6, 6.07) is -5.84. The number of aliphatic imine (C=N–C) groups is 1. The van der Waals surface area contributed by atoms with Crippen LogP contribution in [0.2, 0.25) is 0 Å². The van der Waals surface area contributed by atoms with Crippen molar-refractivity contribution in [1.82, 2.24) is 63.0 Å². The van der Waals surface area contributed by atoms with Crippen LogP contribution < -0.4 is 76.1 Å². The zero-order valence-electron chi connectivity index (χ0n) is 61.6. The highest BCUT2D eigenvalue weighted by molar-refractivity contribution is 6.00. The van der Waals surface area contributed by atoms with E-state index in [1.807, 2.05) is 13.8 Å². The van der Waals surface area contributed by atoms with Gasteiger partial charge in [-0.15, -0.1) is 0 Å². The summed E-state index contributed by atoms with van der Waals surface area (Å²) >= 11 is 0. The lowest BCUT2D eigenvalue weighted by Gasteiger charge is -2.31. The number of carboxylic acids is 2. The molecular weight excluding hydrogens is 1400 g/mol. The number of aliphatic hydroxyl groups excluding tert-OH is 1. The fourth-order valence-corrected chi connectivity index (χ4v) is 12.0. The normalized spacial score (nSPS) is 17.2. The molecule has 2 saturated heterocycles. The summed E-state index contributed by atoms with van der Waals surface area (Å²) in [6.45, 7) is 12.0. The minimum atomic E-state index is -1.73. The van der Waals surface area contributed by atoms with Crippen LogP contribution in [-0.4, -0.2) is 235 Å². The van der Waals surface area contributed by atoms with Gasteiger partial charge in [-0.3, -0.25) is 72.1 Å². The van der Waals surface area contributed by atoms with Gasteiger partial charge in [0.1, 0.15) is 78.0 Å². The highest BCUT2D eigenvalue weighted by Crippen LogP contribution is 2.24. The zero-order valence-corrected chi connectivity index (χ0v) is 61.6. The minimum absolute atomic E-state index is 0.00957. The van der Waals surface area contributed by atoms with E-state index in [1.165, 1.54) is 67.3 Å². The Labute approximate surface area is 619 Å². The first-order valence-electron chi connectivity index (χ1n) is 35.7. The quantitative estimate of drug-likeness (QED) is 0.0171. The summed E-state index contributed by atoms with van der Waals surface area (Å²) in [4.78, 5) is 211. The Balaban J connectivity index is 1.50. The Morgan fingerprint density at radius 3 is 1.48 bits per heavy atom. The maximum absolute atomic E-state index is 14.5. The minimum Gasteiger partial charge on any atom is -0.508 e. The molecule has 2 aliphatic heterocycles. The lowest BCUT2D eigenvalue weighted by Crippen LogP contribution is -2.61. The van der Waals surface area contributed by atoms with E-state index in [2.05, 4.69) is 58.2 Å². The number of aliphatic carboxylic acids is 2. The van der Waals surface area contributed by atoms with E-state index in [9.17, 15) is 97.5 Å². The maximum Gasteiger partial charge on any atom is 0.326 e. The number of aliphatic hydroxyl groups is 1. The fourth-order valence-electron chi connectivity index (χ4n) is 12.0. The number of phenols is 2. The molecule has 0 spiro atoms. The van der Waals surface area contributed by atoms with Crippen molar-refractivity contribution in [3.8, 4) is 11.5 Å². The second-order valence-corrected chi connectivity index (χ2v) is 28.0. The number of carboxylic acid groups (broad SMARTS) is 2. The molecule has 0 saturated carbocycles. The van der Waals surface area contributed by atoms with E-state index in [1.54, 1.807) is 27.7 Å². The van der Waals surface area contributed by atoms with Gasteiger partial charge in [0.05, 0.1) is 18.7 Å². The van der Waals surface area contributed by atoms with Crippen LogP contribution in [0.15, 0.2) is 53.5 Å². The van der Waals surface area contributed by atoms with Crippen molar-refractivity contribution >= 4 is 94.7 Å². The average Bonchev–Trinajstić information content (AvgIpc) is 1.74. The number of primary amides is 1. The summed E-state index contributed by atoms with van der Waals surface area (Å²) in [5.74, 6) is -15.7. The molecule has 13 atom stereocenters. The second kappa shape index (κ2) is 43.0. The first-order valence-corrected chi connectivity index (χ1v) is 35.7. The number of carbonyl (C=O) groups excluding carboxylic acids is 13. The predicted molar refractivity (Wildman–Crippen MR) is 385 cm³/mol. The number of nitrogens with one attached hydrogen (secondary N) is 10. The lowest BCUT2D eigenvalue weighted by molar-refractivity contribution is -0.144. The fraction of sp³-hybridized carbons (Fsp3) is 0.600. The lowest BCUT2D eigenvalue weighted by atomic mass is 10.0. The van der Waals surface area contributed by atoms with E-state index < -0.39 is 199 Å². The highest BCUT2D eigenvalue weighted by Gasteiger charge is 2.43. The zero-order chi connectivity index (χ0) is 80.1. The molecule has 107 heavy (non-hydrogen) atoms. The van der Waals surface area contributed by atoms with Crippen molar-refractivity contribution in [3.05, 3.63) is 59.7 Å². The van der Waals surface area contributed by atoms with Crippen LogP contribution in [-0.2, 0) is 84.8 Å². The number of nitrogens with two attached hydrogens (primary N) is 4. The van der Waals surface area contributed by atoms with Crippen LogP contribution in [0.3, 0.4) is 0 Å². The Hall–Kier alpha value is -10.7. The summed E-state index contributed by atoms with van der Waals surface area (Å²) in [7, 11) is 0. The summed E-state index contributed by atoms with van der Waals surface area (Å²) < 4.78 is 0. The van der Waals surface area contributed by atoms with Crippen LogP contribution in [0.4, 0.5) is 0 Å². The van der Waals surface area contributed by atoms with Gasteiger partial charge in [-0.1, -0.05) is 65.8 Å². The smallest absolute Gasteiger partial charge is 0.326 e. The van der Waals surface area contributed by atoms with Crippen molar-refractivity contribution in [3.63, 3.8) is 0 Å². The third kappa shape index (κ3) is 29.6. The number of nitrogens with zero attached hydrogens (tertiary/aromatic N) is 3. The Morgan fingerprint density at radius 2 is 0.981 bits per heavy atom. The molecule has 2 fully saturated rings. The molecule has 0 aliphatic carbocycles. The number of guanidine groups is 1. The average molecular weight is 1510 g/mol. The number of rotatable bonds is 43. The van der Waals surface area contributed by atoms with Crippen LogP contribution in [0.1, 0.15) is 144 Å². The Kier molecular flexibility index (Phi) is 35.7. The first kappa shape index (κ1) is 88.7. The number of aromatic hydroxyl groups is 2. The van der Waals surface area contributed by atoms with Crippen LogP contribution in [0.5, 0.6) is 11.5 Å². The van der Waals surface area contributed by atoms with E-state index in [-0.39, 0.29) is 113 Å². The third-order valence-electron chi connectivity index (χ3n) is 17.7. The Bertz CT molecular complexity index is 3480. The molecule has 2 aliphatic rings. The third-order valence-corrected chi connectivity index (χ3v) is 17.7. The topological polar surface area (TPSA) is 600 Å². The van der Waals surface area contributed by atoms with E-state index in [0.29, 0.717) is 17.5 Å². The molecule has 2 aromatic rings. The number of amides is 13. The second-order valence-electron chi connectivity index (χ2n) is 28.0. The van der Waals surface area contributed by atoms with E-state index >= 15 is 0 Å². The number of likely N-dealkylation sites (tertiary alicyclic amines) is 2. The van der Waals surface area contributed by atoms with Gasteiger partial charge in [-0.25, -0.2) is 4.79 Å². The molecule has 37 nitrogen and oxygen atoms in total. The molecule has 0 aromatic heterocycles. The summed E-state index contributed by atoms with van der Waals surface area (Å²) in [6.07, 6.45) is -3.07. The van der Waals surface area contributed by atoms with Gasteiger partial charge in [0.25, 0.3) is 0 Å². The standard InChI is InChI=1S/C70H107N17O20/c1-35(2)30-44(71)59(96)81-49(32-40-15-19-42(89)20-16-40)60(97)76-34-54(92)84-57(39(8)88)68(105)87-29-11-14-52(87)64(101)78-45(24-26-55(93)94)61(98)82-50(33-41-17-21-43(90)22-18-41)62(99)77-38(7)58(95)85-56(37(5)6)66(103)79-46(23-25-53(72)91)67(104)86-28-10-13-51(86)65(102)83-48(31-36(3)4)63(100)80-47(69(106)107)12-9-27-75-70(73)74/h15-22,35-39,44-52,56-57,88-90H,9-14,23-34,71H2,1-8H3,(H2,72,91)(H,76,97)(H,77,99)(H,78,101)(H,79,103)(H,80,100)(H,81,96)(H,82,98)(H,83,102)(H,84,92)(H,85,95)(H,93,94)(H,106,107)(H4,73,74,75)/t38-,39+,44-,45-,46-,47-,48-,49-,50-,51-,52-,56-,57-/m0/s1. The van der Waals surface area contributed by atoms with Crippen molar-refractivity contribution < 1.29 is 97.5 Å². The molecule has 13 amide bonds. The van der Waals surface area contributed by atoms with Gasteiger partial charge < -0.3 is 111 Å². The first-order chi connectivity index (χ1) is 50.3.